The van der Waals surface area contributed by atoms with Crippen molar-refractivity contribution in [2.75, 3.05) is 19.3 Å². The van der Waals surface area contributed by atoms with E-state index in [1.807, 2.05) is 30.3 Å². The Morgan fingerprint density at radius 3 is 2.33 bits per heavy atom. The number of hydrogen-bond acceptors (Lipinski definition) is 3. The minimum atomic E-state index is -3.08. The van der Waals surface area contributed by atoms with Gasteiger partial charge in [0.1, 0.15) is 0 Å². The van der Waals surface area contributed by atoms with Gasteiger partial charge in [-0.2, -0.15) is 0 Å². The second-order valence-electron chi connectivity index (χ2n) is 6.11. The van der Waals surface area contributed by atoms with E-state index in [4.69, 9.17) is 0 Å². The van der Waals surface area contributed by atoms with E-state index < -0.39 is 9.84 Å². The van der Waals surface area contributed by atoms with Crippen molar-refractivity contribution in [3.8, 4) is 0 Å². The van der Waals surface area contributed by atoms with Crippen LogP contribution in [-0.4, -0.2) is 39.8 Å². The fourth-order valence-electron chi connectivity index (χ4n) is 1.98. The van der Waals surface area contributed by atoms with Crippen molar-refractivity contribution in [1.82, 2.24) is 10.6 Å². The Hall–Kier alpha value is -0.830. The van der Waals surface area contributed by atoms with Crippen molar-refractivity contribution in [3.05, 3.63) is 35.9 Å². The van der Waals surface area contributed by atoms with Gasteiger partial charge in [-0.05, 0) is 24.8 Å². The average Bonchev–Trinajstić information content (AvgIpc) is 2.50. The van der Waals surface area contributed by atoms with Crippen LogP contribution in [0.1, 0.15) is 32.8 Å². The van der Waals surface area contributed by atoms with Gasteiger partial charge in [-0.3, -0.25) is 4.99 Å². The summed E-state index contributed by atoms with van der Waals surface area (Å²) in [5, 5.41) is 6.46. The molecule has 0 saturated carbocycles. The van der Waals surface area contributed by atoms with Crippen molar-refractivity contribution < 1.29 is 8.42 Å². The first-order chi connectivity index (χ1) is 10.8. The van der Waals surface area contributed by atoms with E-state index in [1.54, 1.807) is 7.05 Å². The van der Waals surface area contributed by atoms with E-state index in [2.05, 4.69) is 36.4 Å². The fourth-order valence-corrected chi connectivity index (χ4v) is 3.40. The molecule has 0 aliphatic rings. The first-order valence-electron chi connectivity index (χ1n) is 8.05. The topological polar surface area (TPSA) is 70.6 Å². The quantitative estimate of drug-likeness (QED) is 0.267. The van der Waals surface area contributed by atoms with Crippen molar-refractivity contribution in [2.45, 2.75) is 39.0 Å². The van der Waals surface area contributed by atoms with Crippen molar-refractivity contribution in [1.29, 1.82) is 0 Å². The van der Waals surface area contributed by atoms with Gasteiger partial charge < -0.3 is 10.6 Å². The molecule has 0 aliphatic carbocycles. The molecule has 0 aliphatic heterocycles. The van der Waals surface area contributed by atoms with Gasteiger partial charge in [-0.1, -0.05) is 44.2 Å². The SMILES string of the molecule is CN=C(NCCCS(=O)(=O)Cc1ccccc1)NC(C)C(C)C.I. The second-order valence-corrected chi connectivity index (χ2v) is 8.29. The zero-order chi connectivity index (χ0) is 17.3. The lowest BCUT2D eigenvalue weighted by Gasteiger charge is -2.20. The lowest BCUT2D eigenvalue weighted by atomic mass is 10.1. The van der Waals surface area contributed by atoms with E-state index >= 15 is 0 Å². The van der Waals surface area contributed by atoms with Gasteiger partial charge in [0.25, 0.3) is 0 Å². The van der Waals surface area contributed by atoms with Crippen molar-refractivity contribution >= 4 is 39.8 Å². The average molecular weight is 467 g/mol. The third-order valence-electron chi connectivity index (χ3n) is 3.74. The predicted molar refractivity (Wildman–Crippen MR) is 113 cm³/mol. The second kappa shape index (κ2) is 11.7. The maximum Gasteiger partial charge on any atom is 0.191 e. The number of guanidine groups is 1. The molecule has 0 fully saturated rings. The lowest BCUT2D eigenvalue weighted by molar-refractivity contribution is 0.481. The van der Waals surface area contributed by atoms with E-state index in [0.717, 1.165) is 5.56 Å². The number of hydrogen-bond donors (Lipinski definition) is 2. The van der Waals surface area contributed by atoms with Crippen LogP contribution in [0.5, 0.6) is 0 Å². The summed E-state index contributed by atoms with van der Waals surface area (Å²) in [6.45, 7) is 6.96. The number of aliphatic imine (C=N–C) groups is 1. The van der Waals surface area contributed by atoms with Crippen molar-refractivity contribution in [3.63, 3.8) is 0 Å². The molecule has 1 aromatic carbocycles. The summed E-state index contributed by atoms with van der Waals surface area (Å²) in [5.41, 5.74) is 0.837. The van der Waals surface area contributed by atoms with Gasteiger partial charge in [0.2, 0.25) is 0 Å². The van der Waals surface area contributed by atoms with Gasteiger partial charge in [0.15, 0.2) is 15.8 Å². The van der Waals surface area contributed by atoms with E-state index in [-0.39, 0.29) is 35.5 Å². The summed E-state index contributed by atoms with van der Waals surface area (Å²) in [6, 6.07) is 9.60. The van der Waals surface area contributed by atoms with Gasteiger partial charge in [0.05, 0.1) is 11.5 Å². The molecule has 0 saturated heterocycles. The smallest absolute Gasteiger partial charge is 0.191 e. The maximum absolute atomic E-state index is 12.1. The Kier molecular flexibility index (Phi) is 11.3. The first kappa shape index (κ1) is 23.2. The van der Waals surface area contributed by atoms with Crippen LogP contribution in [0.4, 0.5) is 0 Å². The highest BCUT2D eigenvalue weighted by Crippen LogP contribution is 2.07. The molecule has 0 bridgehead atoms. The van der Waals surface area contributed by atoms with Crippen LogP contribution in [-0.2, 0) is 15.6 Å². The van der Waals surface area contributed by atoms with Crippen LogP contribution in [0, 0.1) is 5.92 Å². The van der Waals surface area contributed by atoms with Crippen LogP contribution >= 0.6 is 24.0 Å². The van der Waals surface area contributed by atoms with Crippen LogP contribution in [0.2, 0.25) is 0 Å². The Morgan fingerprint density at radius 2 is 1.79 bits per heavy atom. The first-order valence-corrected chi connectivity index (χ1v) is 9.87. The van der Waals surface area contributed by atoms with Crippen LogP contribution in [0.15, 0.2) is 35.3 Å². The molecule has 24 heavy (non-hydrogen) atoms. The molecule has 0 aromatic heterocycles. The van der Waals surface area contributed by atoms with Crippen molar-refractivity contribution in [2.24, 2.45) is 10.9 Å². The number of halogens is 1. The Morgan fingerprint density at radius 1 is 1.17 bits per heavy atom. The number of nitrogens with zero attached hydrogens (tertiary/aromatic N) is 1. The third kappa shape index (κ3) is 9.46. The van der Waals surface area contributed by atoms with Gasteiger partial charge in [-0.25, -0.2) is 8.42 Å². The molecule has 0 heterocycles. The zero-order valence-electron chi connectivity index (χ0n) is 15.0. The molecule has 2 N–H and O–H groups in total. The van der Waals surface area contributed by atoms with Crippen LogP contribution < -0.4 is 10.6 Å². The molecular formula is C17H30IN3O2S. The summed E-state index contributed by atoms with van der Waals surface area (Å²) < 4.78 is 24.2. The molecule has 0 amide bonds. The Balaban J connectivity index is 0.00000529. The van der Waals surface area contributed by atoms with Crippen LogP contribution in [0.3, 0.4) is 0 Å². The minimum Gasteiger partial charge on any atom is -0.356 e. The molecule has 5 nitrogen and oxygen atoms in total. The van der Waals surface area contributed by atoms with Gasteiger partial charge >= 0.3 is 0 Å². The highest BCUT2D eigenvalue weighted by atomic mass is 127. The summed E-state index contributed by atoms with van der Waals surface area (Å²) >= 11 is 0. The van der Waals surface area contributed by atoms with Crippen LogP contribution in [0.25, 0.3) is 0 Å². The molecule has 1 rings (SSSR count). The Labute approximate surface area is 163 Å². The largest absolute Gasteiger partial charge is 0.356 e. The van der Waals surface area contributed by atoms with E-state index in [1.165, 1.54) is 0 Å². The van der Waals surface area contributed by atoms with E-state index in [9.17, 15) is 8.42 Å². The monoisotopic (exact) mass is 467 g/mol. The summed E-state index contributed by atoms with van der Waals surface area (Å²) in [6.07, 6.45) is 0.561. The number of nitrogens with one attached hydrogen (secondary N) is 2. The lowest BCUT2D eigenvalue weighted by Crippen LogP contribution is -2.44. The number of benzene rings is 1. The molecule has 1 atom stereocenters. The summed E-state index contributed by atoms with van der Waals surface area (Å²) in [5.74, 6) is 1.49. The van der Waals surface area contributed by atoms with E-state index in [0.29, 0.717) is 30.9 Å². The number of rotatable bonds is 8. The molecule has 0 radical (unpaired) electrons. The molecule has 1 unspecified atom stereocenters. The van der Waals surface area contributed by atoms with Gasteiger partial charge in [-0.15, -0.1) is 24.0 Å². The normalized spacial score (nSPS) is 13.3. The molecule has 7 heteroatoms. The zero-order valence-corrected chi connectivity index (χ0v) is 18.1. The molecule has 1 aromatic rings. The van der Waals surface area contributed by atoms with Gasteiger partial charge in [0, 0.05) is 19.6 Å². The maximum atomic E-state index is 12.1. The Bertz CT molecular complexity index is 589. The fraction of sp³-hybridized carbons (Fsp3) is 0.588. The summed E-state index contributed by atoms with van der Waals surface area (Å²) in [4.78, 5) is 4.16. The molecule has 138 valence electrons. The number of sulfone groups is 1. The molecular weight excluding hydrogens is 437 g/mol. The highest BCUT2D eigenvalue weighted by Gasteiger charge is 2.12. The molecule has 0 spiro atoms. The summed E-state index contributed by atoms with van der Waals surface area (Å²) in [7, 11) is -1.36. The third-order valence-corrected chi connectivity index (χ3v) is 5.43. The highest BCUT2D eigenvalue weighted by molar-refractivity contribution is 14.0. The standard InChI is InChI=1S/C17H29N3O2S.HI/c1-14(2)15(3)20-17(18-4)19-11-8-12-23(21,22)13-16-9-6-5-7-10-16;/h5-7,9-10,14-15H,8,11-13H2,1-4H3,(H2,18,19,20);1H. The predicted octanol–water partition coefficient (Wildman–Crippen LogP) is 2.82. The minimum absolute atomic E-state index is 0.